The van der Waals surface area contributed by atoms with Crippen LogP contribution in [0, 0.1) is 0 Å². The zero-order valence-electron chi connectivity index (χ0n) is 13.9. The Balaban J connectivity index is 1.72. The van der Waals surface area contributed by atoms with Crippen LogP contribution in [-0.4, -0.2) is 9.55 Å². The van der Waals surface area contributed by atoms with Gasteiger partial charge in [-0.05, 0) is 41.5 Å². The monoisotopic (exact) mass is 357 g/mol. The Morgan fingerprint density at radius 2 is 1.58 bits per heavy atom. The molecule has 1 unspecified atom stereocenters. The highest BCUT2D eigenvalue weighted by Gasteiger charge is 2.24. The van der Waals surface area contributed by atoms with E-state index in [4.69, 9.17) is 16.6 Å². The molecule has 3 aromatic carbocycles. The van der Waals surface area contributed by atoms with E-state index < -0.39 is 0 Å². The van der Waals surface area contributed by atoms with Crippen LogP contribution in [0.1, 0.15) is 17.2 Å². The van der Waals surface area contributed by atoms with Gasteiger partial charge in [-0.3, -0.25) is 4.57 Å². The lowest BCUT2D eigenvalue weighted by Crippen LogP contribution is -2.19. The summed E-state index contributed by atoms with van der Waals surface area (Å²) in [4.78, 5) is 4.81. The lowest BCUT2D eigenvalue weighted by atomic mass is 10.0. The summed E-state index contributed by atoms with van der Waals surface area (Å²) in [6.07, 6.45) is 2.25. The van der Waals surface area contributed by atoms with E-state index in [2.05, 4.69) is 58.4 Å². The number of aromatic nitrogens is 2. The molecule has 0 saturated carbocycles. The molecule has 5 rings (SSSR count). The van der Waals surface area contributed by atoms with Crippen molar-refractivity contribution in [2.45, 2.75) is 6.04 Å². The maximum atomic E-state index is 6.06. The van der Waals surface area contributed by atoms with Crippen molar-refractivity contribution in [2.24, 2.45) is 0 Å². The minimum Gasteiger partial charge on any atom is -0.345 e. The molecule has 0 spiro atoms. The summed E-state index contributed by atoms with van der Waals surface area (Å²) in [7, 11) is 0. The van der Waals surface area contributed by atoms with E-state index >= 15 is 0 Å². The Morgan fingerprint density at radius 1 is 0.846 bits per heavy atom. The molecule has 2 heterocycles. The van der Waals surface area contributed by atoms with Crippen LogP contribution < -0.4 is 5.32 Å². The second-order valence-electron chi connectivity index (χ2n) is 6.35. The molecule has 1 aliphatic heterocycles. The van der Waals surface area contributed by atoms with Crippen LogP contribution in [0.3, 0.4) is 0 Å². The van der Waals surface area contributed by atoms with E-state index in [0.29, 0.717) is 0 Å². The first-order valence-electron chi connectivity index (χ1n) is 8.57. The highest BCUT2D eigenvalue weighted by atomic mass is 35.5. The smallest absolute Gasteiger partial charge is 0.209 e. The molecule has 126 valence electrons. The highest BCUT2D eigenvalue weighted by molar-refractivity contribution is 6.30. The van der Waals surface area contributed by atoms with Gasteiger partial charge in [-0.25, -0.2) is 4.98 Å². The van der Waals surface area contributed by atoms with Crippen molar-refractivity contribution in [1.29, 1.82) is 0 Å². The van der Waals surface area contributed by atoms with Crippen molar-refractivity contribution >= 4 is 34.3 Å². The minimum absolute atomic E-state index is 0.0341. The SMILES string of the molecule is Clc1ccc(C2C=C(c3ccccc3)n3c(nc4ccccc43)N2)cc1. The number of benzene rings is 3. The fourth-order valence-electron chi connectivity index (χ4n) is 3.46. The zero-order chi connectivity index (χ0) is 17.5. The van der Waals surface area contributed by atoms with Crippen LogP contribution in [-0.2, 0) is 0 Å². The Morgan fingerprint density at radius 3 is 2.38 bits per heavy atom. The summed E-state index contributed by atoms with van der Waals surface area (Å²) >= 11 is 6.06. The first kappa shape index (κ1) is 15.2. The van der Waals surface area contributed by atoms with Crippen LogP contribution in [0.5, 0.6) is 0 Å². The maximum Gasteiger partial charge on any atom is 0.209 e. The summed E-state index contributed by atoms with van der Waals surface area (Å²) in [5.41, 5.74) is 5.53. The van der Waals surface area contributed by atoms with Gasteiger partial charge in [0.1, 0.15) is 0 Å². The summed E-state index contributed by atoms with van der Waals surface area (Å²) in [5.74, 6) is 0.854. The van der Waals surface area contributed by atoms with E-state index in [1.54, 1.807) is 0 Å². The largest absolute Gasteiger partial charge is 0.345 e. The Hall–Kier alpha value is -3.04. The quantitative estimate of drug-likeness (QED) is 0.495. The summed E-state index contributed by atoms with van der Waals surface area (Å²) in [6, 6.07) is 26.6. The number of nitrogens with zero attached hydrogens (tertiary/aromatic N) is 2. The molecule has 4 heteroatoms. The van der Waals surface area contributed by atoms with Gasteiger partial charge < -0.3 is 5.32 Å². The number of fused-ring (bicyclic) bond motifs is 3. The number of halogens is 1. The average molecular weight is 358 g/mol. The Labute approximate surface area is 156 Å². The van der Waals surface area contributed by atoms with Crippen LogP contribution in [0.4, 0.5) is 5.95 Å². The summed E-state index contributed by atoms with van der Waals surface area (Å²) in [6.45, 7) is 0. The molecule has 0 radical (unpaired) electrons. The van der Waals surface area contributed by atoms with E-state index in [9.17, 15) is 0 Å². The van der Waals surface area contributed by atoms with Crippen molar-refractivity contribution in [3.63, 3.8) is 0 Å². The normalized spacial score (nSPS) is 16.0. The predicted octanol–water partition coefficient (Wildman–Crippen LogP) is 5.75. The molecule has 0 aliphatic carbocycles. The average Bonchev–Trinajstić information content (AvgIpc) is 3.07. The van der Waals surface area contributed by atoms with Gasteiger partial charge in [0.2, 0.25) is 5.95 Å². The lowest BCUT2D eigenvalue weighted by molar-refractivity contribution is 0.899. The molecule has 4 aromatic rings. The van der Waals surface area contributed by atoms with Gasteiger partial charge in [-0.15, -0.1) is 0 Å². The molecule has 26 heavy (non-hydrogen) atoms. The molecule has 1 N–H and O–H groups in total. The summed E-state index contributed by atoms with van der Waals surface area (Å²) in [5, 5.41) is 4.29. The number of hydrogen-bond donors (Lipinski definition) is 1. The Bertz CT molecular complexity index is 1110. The fourth-order valence-corrected chi connectivity index (χ4v) is 3.59. The van der Waals surface area contributed by atoms with E-state index in [1.807, 2.05) is 36.4 Å². The van der Waals surface area contributed by atoms with Crippen LogP contribution >= 0.6 is 11.6 Å². The predicted molar refractivity (Wildman–Crippen MR) is 107 cm³/mol. The van der Waals surface area contributed by atoms with E-state index in [0.717, 1.165) is 38.8 Å². The van der Waals surface area contributed by atoms with Crippen LogP contribution in [0.2, 0.25) is 5.02 Å². The van der Waals surface area contributed by atoms with Gasteiger partial charge in [0.05, 0.1) is 22.8 Å². The van der Waals surface area contributed by atoms with Crippen molar-refractivity contribution in [1.82, 2.24) is 9.55 Å². The highest BCUT2D eigenvalue weighted by Crippen LogP contribution is 2.36. The van der Waals surface area contributed by atoms with Gasteiger partial charge in [-0.1, -0.05) is 66.2 Å². The molecule has 0 bridgehead atoms. The van der Waals surface area contributed by atoms with Crippen molar-refractivity contribution < 1.29 is 0 Å². The second-order valence-corrected chi connectivity index (χ2v) is 6.79. The Kier molecular flexibility index (Phi) is 3.54. The number of rotatable bonds is 2. The van der Waals surface area contributed by atoms with Gasteiger partial charge in [0.25, 0.3) is 0 Å². The zero-order valence-corrected chi connectivity index (χ0v) is 14.7. The first-order valence-corrected chi connectivity index (χ1v) is 8.94. The first-order chi connectivity index (χ1) is 12.8. The second kappa shape index (κ2) is 6.04. The van der Waals surface area contributed by atoms with E-state index in [-0.39, 0.29) is 6.04 Å². The van der Waals surface area contributed by atoms with E-state index in [1.165, 1.54) is 0 Å². The third kappa shape index (κ3) is 2.49. The van der Waals surface area contributed by atoms with Crippen LogP contribution in [0.15, 0.2) is 84.9 Å². The third-order valence-electron chi connectivity index (χ3n) is 4.71. The number of nitrogens with one attached hydrogen (secondary N) is 1. The van der Waals surface area contributed by atoms with Gasteiger partial charge in [0, 0.05) is 5.02 Å². The maximum absolute atomic E-state index is 6.06. The molecule has 1 aromatic heterocycles. The topological polar surface area (TPSA) is 29.9 Å². The molecule has 0 amide bonds. The lowest BCUT2D eigenvalue weighted by Gasteiger charge is -2.26. The number of para-hydroxylation sites is 2. The molecule has 0 saturated heterocycles. The minimum atomic E-state index is 0.0341. The number of anilines is 1. The molecule has 1 aliphatic rings. The number of imidazole rings is 1. The molecular weight excluding hydrogens is 342 g/mol. The molecule has 0 fully saturated rings. The van der Waals surface area contributed by atoms with Crippen molar-refractivity contribution in [3.8, 4) is 0 Å². The van der Waals surface area contributed by atoms with Gasteiger partial charge >= 0.3 is 0 Å². The van der Waals surface area contributed by atoms with Crippen LogP contribution in [0.25, 0.3) is 16.7 Å². The van der Waals surface area contributed by atoms with Gasteiger partial charge in [0.15, 0.2) is 0 Å². The number of hydrogen-bond acceptors (Lipinski definition) is 2. The molecular formula is C22H16ClN3. The fraction of sp³-hybridized carbons (Fsp3) is 0.0455. The summed E-state index contributed by atoms with van der Waals surface area (Å²) < 4.78 is 2.19. The molecule has 1 atom stereocenters. The third-order valence-corrected chi connectivity index (χ3v) is 4.96. The van der Waals surface area contributed by atoms with Crippen molar-refractivity contribution in [2.75, 3.05) is 5.32 Å². The standard InChI is InChI=1S/C22H16ClN3/c23-17-12-10-15(11-13-17)19-14-21(16-6-2-1-3-7-16)26-20-9-5-4-8-18(20)24-22(26)25-19/h1-14,19H,(H,24,25). The molecule has 3 nitrogen and oxygen atoms in total. The van der Waals surface area contributed by atoms with Gasteiger partial charge in [-0.2, -0.15) is 0 Å². The van der Waals surface area contributed by atoms with Crippen molar-refractivity contribution in [3.05, 3.63) is 101 Å².